The summed E-state index contributed by atoms with van der Waals surface area (Å²) in [6.07, 6.45) is 4.98. The normalized spacial score (nSPS) is 16.6. The molecule has 3 aromatic rings. The number of benzene rings is 1. The fraction of sp³-hybridized carbons (Fsp3) is 0.462. The highest BCUT2D eigenvalue weighted by atomic mass is 32.1. The van der Waals surface area contributed by atoms with E-state index < -0.39 is 5.60 Å². The molecule has 1 amide bonds. The minimum absolute atomic E-state index is 0.0683. The molecular weight excluding hydrogens is 481 g/mol. The number of carbonyl (C=O) groups excluding carboxylic acids is 1. The number of halogens is 1. The lowest BCUT2D eigenvalue weighted by Gasteiger charge is -2.33. The molecule has 5 rings (SSSR count). The molecule has 190 valence electrons. The standard InChI is InChI=1S/C26H30FN5O3S/c1-26(2,3)35-25(33)32-14-11-19(12-15-32)34-24-31-21(16-4-6-17(27)7-5-16)22(36-24)20-10-13-28-23(30-20)29-18-8-9-18/h4-7,10,13,18-19H,8-9,11-12,14-15H2,1-3H3,(H,28,29,30). The number of amides is 1. The Morgan fingerprint density at radius 2 is 1.81 bits per heavy atom. The van der Waals surface area contributed by atoms with E-state index in [-0.39, 0.29) is 18.0 Å². The van der Waals surface area contributed by atoms with Gasteiger partial charge < -0.3 is 19.7 Å². The number of likely N-dealkylation sites (tertiary alicyclic amines) is 1. The highest BCUT2D eigenvalue weighted by molar-refractivity contribution is 7.17. The third-order valence-electron chi connectivity index (χ3n) is 5.89. The van der Waals surface area contributed by atoms with Gasteiger partial charge in [-0.3, -0.25) is 0 Å². The molecule has 1 aliphatic heterocycles. The van der Waals surface area contributed by atoms with Crippen molar-refractivity contribution in [1.82, 2.24) is 19.9 Å². The summed E-state index contributed by atoms with van der Waals surface area (Å²) >= 11 is 1.41. The van der Waals surface area contributed by atoms with Crippen molar-refractivity contribution in [2.24, 2.45) is 0 Å². The maximum absolute atomic E-state index is 13.6. The average Bonchev–Trinajstić information content (AvgIpc) is 3.55. The van der Waals surface area contributed by atoms with Gasteiger partial charge >= 0.3 is 6.09 Å². The number of hydrogen-bond donors (Lipinski definition) is 1. The summed E-state index contributed by atoms with van der Waals surface area (Å²) in [6, 6.07) is 8.55. The van der Waals surface area contributed by atoms with E-state index in [1.807, 2.05) is 26.8 Å². The van der Waals surface area contributed by atoms with Crippen LogP contribution < -0.4 is 10.1 Å². The molecule has 1 aromatic carbocycles. The molecule has 36 heavy (non-hydrogen) atoms. The molecule has 1 N–H and O–H groups in total. The van der Waals surface area contributed by atoms with Gasteiger partial charge in [0.25, 0.3) is 5.19 Å². The Bertz CT molecular complexity index is 1220. The second-order valence-electron chi connectivity index (χ2n) is 10.1. The molecule has 0 bridgehead atoms. The second-order valence-corrected chi connectivity index (χ2v) is 11.1. The van der Waals surface area contributed by atoms with E-state index in [9.17, 15) is 9.18 Å². The van der Waals surface area contributed by atoms with Gasteiger partial charge in [-0.1, -0.05) is 11.3 Å². The number of rotatable bonds is 6. The molecule has 0 spiro atoms. The van der Waals surface area contributed by atoms with Crippen LogP contribution in [0.15, 0.2) is 36.5 Å². The summed E-state index contributed by atoms with van der Waals surface area (Å²) in [5.74, 6) is 0.284. The molecule has 8 nitrogen and oxygen atoms in total. The minimum atomic E-state index is -0.520. The van der Waals surface area contributed by atoms with Crippen LogP contribution in [0.2, 0.25) is 0 Å². The third kappa shape index (κ3) is 6.10. The molecule has 10 heteroatoms. The number of carbonyl (C=O) groups is 1. The first kappa shape index (κ1) is 24.4. The number of anilines is 1. The Labute approximate surface area is 213 Å². The van der Waals surface area contributed by atoms with Gasteiger partial charge in [-0.2, -0.15) is 0 Å². The lowest BCUT2D eigenvalue weighted by atomic mass is 10.1. The zero-order valence-electron chi connectivity index (χ0n) is 20.7. The first-order valence-electron chi connectivity index (χ1n) is 12.2. The van der Waals surface area contributed by atoms with E-state index >= 15 is 0 Å². The number of nitrogens with zero attached hydrogens (tertiary/aromatic N) is 4. The van der Waals surface area contributed by atoms with Crippen LogP contribution in [-0.4, -0.2) is 56.8 Å². The molecule has 2 aromatic heterocycles. The maximum atomic E-state index is 13.6. The van der Waals surface area contributed by atoms with Crippen LogP contribution in [0.25, 0.3) is 21.8 Å². The molecule has 2 fully saturated rings. The lowest BCUT2D eigenvalue weighted by Crippen LogP contribution is -2.44. The van der Waals surface area contributed by atoms with Crippen molar-refractivity contribution in [2.45, 2.75) is 64.2 Å². The Kier molecular flexibility index (Phi) is 6.79. The molecule has 1 saturated heterocycles. The van der Waals surface area contributed by atoms with Gasteiger partial charge in [0.2, 0.25) is 5.95 Å². The Hall–Kier alpha value is -3.27. The van der Waals surface area contributed by atoms with E-state index in [1.54, 1.807) is 23.2 Å². The van der Waals surface area contributed by atoms with Crippen molar-refractivity contribution in [2.75, 3.05) is 18.4 Å². The van der Waals surface area contributed by atoms with E-state index in [2.05, 4.69) is 10.3 Å². The van der Waals surface area contributed by atoms with E-state index in [0.29, 0.717) is 48.8 Å². The van der Waals surface area contributed by atoms with E-state index in [4.69, 9.17) is 19.4 Å². The van der Waals surface area contributed by atoms with Crippen LogP contribution in [0.4, 0.5) is 15.1 Å². The van der Waals surface area contributed by atoms with Crippen LogP contribution in [0.3, 0.4) is 0 Å². The van der Waals surface area contributed by atoms with E-state index in [1.165, 1.54) is 23.5 Å². The highest BCUT2D eigenvalue weighted by Crippen LogP contribution is 2.40. The Morgan fingerprint density at radius 1 is 1.08 bits per heavy atom. The zero-order valence-corrected chi connectivity index (χ0v) is 21.5. The van der Waals surface area contributed by atoms with Crippen molar-refractivity contribution in [3.05, 3.63) is 42.3 Å². The summed E-state index contributed by atoms with van der Waals surface area (Å²) < 4.78 is 25.3. The second kappa shape index (κ2) is 10.0. The van der Waals surface area contributed by atoms with Gasteiger partial charge in [-0.05, 0) is 63.9 Å². The summed E-state index contributed by atoms with van der Waals surface area (Å²) in [5, 5.41) is 3.85. The topological polar surface area (TPSA) is 89.5 Å². The maximum Gasteiger partial charge on any atom is 0.410 e. The van der Waals surface area contributed by atoms with Gasteiger partial charge in [0, 0.05) is 43.7 Å². The third-order valence-corrected chi connectivity index (χ3v) is 6.85. The predicted molar refractivity (Wildman–Crippen MR) is 137 cm³/mol. The minimum Gasteiger partial charge on any atom is -0.467 e. The molecule has 1 aliphatic carbocycles. The summed E-state index contributed by atoms with van der Waals surface area (Å²) in [5.41, 5.74) is 1.69. The van der Waals surface area contributed by atoms with Crippen molar-refractivity contribution < 1.29 is 18.7 Å². The molecule has 0 unspecified atom stereocenters. The number of hydrogen-bond acceptors (Lipinski definition) is 8. The molecule has 2 aliphatic rings. The van der Waals surface area contributed by atoms with Gasteiger partial charge in [-0.25, -0.2) is 24.1 Å². The Morgan fingerprint density at radius 3 is 2.47 bits per heavy atom. The van der Waals surface area contributed by atoms with Crippen LogP contribution >= 0.6 is 11.3 Å². The SMILES string of the molecule is CC(C)(C)OC(=O)N1CCC(Oc2nc(-c3ccc(F)cc3)c(-c3ccnc(NC4CC4)n3)s2)CC1. The summed E-state index contributed by atoms with van der Waals surface area (Å²) in [7, 11) is 0. The fourth-order valence-electron chi connectivity index (χ4n) is 3.92. The quantitative estimate of drug-likeness (QED) is 0.450. The summed E-state index contributed by atoms with van der Waals surface area (Å²) in [6.45, 7) is 6.71. The van der Waals surface area contributed by atoms with Crippen molar-refractivity contribution in [1.29, 1.82) is 0 Å². The number of piperidine rings is 1. The number of aromatic nitrogens is 3. The van der Waals surface area contributed by atoms with E-state index in [0.717, 1.165) is 29.0 Å². The molecule has 3 heterocycles. The highest BCUT2D eigenvalue weighted by Gasteiger charge is 2.29. The van der Waals surface area contributed by atoms with Crippen LogP contribution in [0.5, 0.6) is 5.19 Å². The largest absolute Gasteiger partial charge is 0.467 e. The molecular formula is C26H30FN5O3S. The average molecular weight is 512 g/mol. The zero-order chi connectivity index (χ0) is 25.3. The number of thiazole rings is 1. The molecule has 0 atom stereocenters. The lowest BCUT2D eigenvalue weighted by molar-refractivity contribution is 0.0126. The predicted octanol–water partition coefficient (Wildman–Crippen LogP) is 5.76. The first-order chi connectivity index (χ1) is 17.2. The van der Waals surface area contributed by atoms with Crippen LogP contribution in [0, 0.1) is 5.82 Å². The molecule has 0 radical (unpaired) electrons. The van der Waals surface area contributed by atoms with Crippen molar-refractivity contribution >= 4 is 23.4 Å². The van der Waals surface area contributed by atoms with Crippen molar-refractivity contribution in [3.8, 4) is 27.0 Å². The fourth-order valence-corrected chi connectivity index (χ4v) is 4.89. The van der Waals surface area contributed by atoms with Gasteiger partial charge in [0.15, 0.2) is 0 Å². The van der Waals surface area contributed by atoms with Crippen molar-refractivity contribution in [3.63, 3.8) is 0 Å². The summed E-state index contributed by atoms with van der Waals surface area (Å²) in [4.78, 5) is 28.7. The molecule has 1 saturated carbocycles. The number of ether oxygens (including phenoxy) is 2. The number of nitrogens with one attached hydrogen (secondary N) is 1. The van der Waals surface area contributed by atoms with Gasteiger partial charge in [0.05, 0.1) is 16.3 Å². The smallest absolute Gasteiger partial charge is 0.410 e. The first-order valence-corrected chi connectivity index (χ1v) is 13.1. The van der Waals surface area contributed by atoms with Gasteiger partial charge in [-0.15, -0.1) is 0 Å². The van der Waals surface area contributed by atoms with Crippen LogP contribution in [0.1, 0.15) is 46.5 Å². The monoisotopic (exact) mass is 511 g/mol. The van der Waals surface area contributed by atoms with Gasteiger partial charge in [0.1, 0.15) is 17.5 Å². The van der Waals surface area contributed by atoms with Crippen LogP contribution in [-0.2, 0) is 4.74 Å². The Balaban J connectivity index is 1.34.